The maximum absolute atomic E-state index is 11.1. The van der Waals surface area contributed by atoms with Crippen molar-refractivity contribution in [3.63, 3.8) is 0 Å². The fourth-order valence-electron chi connectivity index (χ4n) is 2.29. The normalized spacial score (nSPS) is 10.8. The molecule has 0 aliphatic rings. The van der Waals surface area contributed by atoms with E-state index in [0.717, 1.165) is 27.5 Å². The van der Waals surface area contributed by atoms with Gasteiger partial charge in [-0.25, -0.2) is 4.79 Å². The highest BCUT2D eigenvalue weighted by molar-refractivity contribution is 6.00. The number of phenols is 1. The number of carboxylic acids is 1. The molecule has 0 radical (unpaired) electrons. The van der Waals surface area contributed by atoms with Crippen LogP contribution in [-0.4, -0.2) is 16.2 Å². The summed E-state index contributed by atoms with van der Waals surface area (Å²) in [6, 6.07) is 5.02. The number of phenolic OH excluding ortho intramolecular Hbond substituents is 1. The van der Waals surface area contributed by atoms with E-state index < -0.39 is 5.97 Å². The van der Waals surface area contributed by atoms with Crippen LogP contribution in [0.2, 0.25) is 0 Å². The van der Waals surface area contributed by atoms with E-state index in [9.17, 15) is 9.90 Å². The minimum absolute atomic E-state index is 0.248. The van der Waals surface area contributed by atoms with Crippen molar-refractivity contribution < 1.29 is 15.0 Å². The molecule has 3 nitrogen and oxygen atoms in total. The van der Waals surface area contributed by atoms with E-state index in [0.29, 0.717) is 5.56 Å². The smallest absolute Gasteiger partial charge is 0.335 e. The average molecular weight is 230 g/mol. The van der Waals surface area contributed by atoms with Gasteiger partial charge in [-0.1, -0.05) is 6.07 Å². The Hall–Kier alpha value is -2.03. The standard InChI is InChI=1S/C14H14O3/c1-7-6-12(15)8(2)10-4-5-11(14(16)17)9(3)13(7)10/h4-6,15H,1-3H3,(H,16,17). The molecule has 0 atom stereocenters. The van der Waals surface area contributed by atoms with Gasteiger partial charge < -0.3 is 10.2 Å². The summed E-state index contributed by atoms with van der Waals surface area (Å²) in [5.74, 6) is -0.674. The zero-order valence-corrected chi connectivity index (χ0v) is 10.0. The largest absolute Gasteiger partial charge is 0.508 e. The Balaban J connectivity index is 2.96. The molecule has 0 fully saturated rings. The predicted octanol–water partition coefficient (Wildman–Crippen LogP) is 3.17. The van der Waals surface area contributed by atoms with Gasteiger partial charge in [-0.3, -0.25) is 0 Å². The van der Waals surface area contributed by atoms with Crippen molar-refractivity contribution >= 4 is 16.7 Å². The molecular weight excluding hydrogens is 216 g/mol. The number of carbonyl (C=O) groups is 1. The number of fused-ring (bicyclic) bond motifs is 1. The van der Waals surface area contributed by atoms with Crippen LogP contribution in [0.25, 0.3) is 10.8 Å². The van der Waals surface area contributed by atoms with E-state index in [-0.39, 0.29) is 5.75 Å². The summed E-state index contributed by atoms with van der Waals surface area (Å²) in [7, 11) is 0. The van der Waals surface area contributed by atoms with Crippen LogP contribution in [0.15, 0.2) is 18.2 Å². The van der Waals surface area contributed by atoms with Crippen LogP contribution in [0, 0.1) is 20.8 Å². The first-order valence-corrected chi connectivity index (χ1v) is 5.39. The van der Waals surface area contributed by atoms with E-state index in [1.165, 1.54) is 0 Å². The molecule has 0 aromatic heterocycles. The molecule has 0 heterocycles. The van der Waals surface area contributed by atoms with Gasteiger partial charge in [0.25, 0.3) is 0 Å². The minimum Gasteiger partial charge on any atom is -0.508 e. The zero-order chi connectivity index (χ0) is 12.7. The Bertz CT molecular complexity index is 627. The first-order chi connectivity index (χ1) is 7.93. The highest BCUT2D eigenvalue weighted by Gasteiger charge is 2.14. The molecule has 0 spiro atoms. The van der Waals surface area contributed by atoms with Crippen LogP contribution >= 0.6 is 0 Å². The average Bonchev–Trinajstić information content (AvgIpc) is 2.25. The molecule has 2 aromatic rings. The second-order valence-electron chi connectivity index (χ2n) is 4.30. The lowest BCUT2D eigenvalue weighted by molar-refractivity contribution is 0.0696. The first kappa shape index (κ1) is 11.5. The van der Waals surface area contributed by atoms with E-state index in [4.69, 9.17) is 5.11 Å². The van der Waals surface area contributed by atoms with E-state index in [1.54, 1.807) is 25.1 Å². The number of aryl methyl sites for hydroxylation is 3. The van der Waals surface area contributed by atoms with Crippen LogP contribution in [0.4, 0.5) is 0 Å². The topological polar surface area (TPSA) is 57.5 Å². The summed E-state index contributed by atoms with van der Waals surface area (Å²) in [6.45, 7) is 5.51. The number of aromatic carboxylic acids is 1. The molecular formula is C14H14O3. The molecule has 3 heteroatoms. The van der Waals surface area contributed by atoms with Crippen LogP contribution in [-0.2, 0) is 0 Å². The molecule has 0 unspecified atom stereocenters. The molecule has 88 valence electrons. The minimum atomic E-state index is -0.922. The first-order valence-electron chi connectivity index (χ1n) is 5.39. The van der Waals surface area contributed by atoms with Gasteiger partial charge in [0.2, 0.25) is 0 Å². The SMILES string of the molecule is Cc1c(O)cc(C)c2c(C)c(C(=O)O)ccc12. The molecule has 0 aliphatic carbocycles. The van der Waals surface area contributed by atoms with Crippen molar-refractivity contribution in [1.82, 2.24) is 0 Å². The fraction of sp³-hybridized carbons (Fsp3) is 0.214. The molecule has 2 aromatic carbocycles. The number of aromatic hydroxyl groups is 1. The van der Waals surface area contributed by atoms with Crippen molar-refractivity contribution in [3.05, 3.63) is 40.5 Å². The number of hydrogen-bond donors (Lipinski definition) is 2. The van der Waals surface area contributed by atoms with Crippen molar-refractivity contribution in [3.8, 4) is 5.75 Å². The highest BCUT2D eigenvalue weighted by atomic mass is 16.4. The van der Waals surface area contributed by atoms with Crippen molar-refractivity contribution in [2.24, 2.45) is 0 Å². The summed E-state index contributed by atoms with van der Waals surface area (Å²) in [4.78, 5) is 11.1. The second kappa shape index (κ2) is 3.77. The molecule has 0 amide bonds. The zero-order valence-electron chi connectivity index (χ0n) is 10.0. The number of hydrogen-bond acceptors (Lipinski definition) is 2. The third kappa shape index (κ3) is 1.64. The van der Waals surface area contributed by atoms with Gasteiger partial charge in [-0.15, -0.1) is 0 Å². The number of rotatable bonds is 1. The summed E-state index contributed by atoms with van der Waals surface area (Å²) in [5, 5.41) is 20.7. The Labute approximate surface area is 99.3 Å². The van der Waals surface area contributed by atoms with E-state index in [1.807, 2.05) is 13.8 Å². The van der Waals surface area contributed by atoms with Crippen molar-refractivity contribution in [2.75, 3.05) is 0 Å². The third-order valence-corrected chi connectivity index (χ3v) is 3.23. The van der Waals surface area contributed by atoms with Gasteiger partial charge in [0, 0.05) is 0 Å². The van der Waals surface area contributed by atoms with Gasteiger partial charge in [-0.05, 0) is 60.4 Å². The van der Waals surface area contributed by atoms with Crippen molar-refractivity contribution in [1.29, 1.82) is 0 Å². The van der Waals surface area contributed by atoms with Gasteiger partial charge in [0.05, 0.1) is 5.56 Å². The molecule has 0 saturated carbocycles. The van der Waals surface area contributed by atoms with E-state index in [2.05, 4.69) is 0 Å². The predicted molar refractivity (Wildman–Crippen MR) is 66.8 cm³/mol. The lowest BCUT2D eigenvalue weighted by Gasteiger charge is -2.12. The lowest BCUT2D eigenvalue weighted by Crippen LogP contribution is -2.01. The summed E-state index contributed by atoms with van der Waals surface area (Å²) in [5.41, 5.74) is 2.73. The molecule has 0 saturated heterocycles. The third-order valence-electron chi connectivity index (χ3n) is 3.23. The maximum Gasteiger partial charge on any atom is 0.335 e. The quantitative estimate of drug-likeness (QED) is 0.791. The van der Waals surface area contributed by atoms with Crippen LogP contribution < -0.4 is 0 Å². The van der Waals surface area contributed by atoms with E-state index >= 15 is 0 Å². The van der Waals surface area contributed by atoms with Gasteiger partial charge in [0.1, 0.15) is 5.75 Å². The summed E-state index contributed by atoms with van der Waals surface area (Å²) < 4.78 is 0. The fourth-order valence-corrected chi connectivity index (χ4v) is 2.29. The monoisotopic (exact) mass is 230 g/mol. The highest BCUT2D eigenvalue weighted by Crippen LogP contribution is 2.32. The lowest BCUT2D eigenvalue weighted by atomic mass is 9.93. The molecule has 2 rings (SSSR count). The molecule has 17 heavy (non-hydrogen) atoms. The van der Waals surface area contributed by atoms with Gasteiger partial charge in [-0.2, -0.15) is 0 Å². The Kier molecular flexibility index (Phi) is 2.54. The maximum atomic E-state index is 11.1. The number of carboxylic acid groups (broad SMARTS) is 1. The van der Waals surface area contributed by atoms with Crippen molar-refractivity contribution in [2.45, 2.75) is 20.8 Å². The molecule has 0 bridgehead atoms. The second-order valence-corrected chi connectivity index (χ2v) is 4.30. The van der Waals surface area contributed by atoms with Crippen LogP contribution in [0.5, 0.6) is 5.75 Å². The number of benzene rings is 2. The molecule has 2 N–H and O–H groups in total. The molecule has 0 aliphatic heterocycles. The van der Waals surface area contributed by atoms with Crippen LogP contribution in [0.3, 0.4) is 0 Å². The van der Waals surface area contributed by atoms with Crippen LogP contribution in [0.1, 0.15) is 27.0 Å². The van der Waals surface area contributed by atoms with Gasteiger partial charge in [0.15, 0.2) is 0 Å². The Morgan fingerprint density at radius 2 is 1.76 bits per heavy atom. The summed E-state index contributed by atoms with van der Waals surface area (Å²) >= 11 is 0. The Morgan fingerprint density at radius 3 is 2.35 bits per heavy atom. The summed E-state index contributed by atoms with van der Waals surface area (Å²) in [6.07, 6.45) is 0. The van der Waals surface area contributed by atoms with Gasteiger partial charge >= 0.3 is 5.97 Å². The Morgan fingerprint density at radius 1 is 1.12 bits per heavy atom.